The fourth-order valence-corrected chi connectivity index (χ4v) is 3.16. The molecule has 0 aliphatic carbocycles. The van der Waals surface area contributed by atoms with Gasteiger partial charge >= 0.3 is 0 Å². The van der Waals surface area contributed by atoms with Crippen LogP contribution in [-0.4, -0.2) is 20.0 Å². The molecule has 166 valence electrons. The van der Waals surface area contributed by atoms with Gasteiger partial charge in [0, 0.05) is 6.61 Å². The molecule has 0 rings (SSSR count). The van der Waals surface area contributed by atoms with Crippen LogP contribution in [0.3, 0.4) is 0 Å². The third kappa shape index (κ3) is 25.4. The lowest BCUT2D eigenvalue weighted by Crippen LogP contribution is -2.02. The molecule has 0 saturated heterocycles. The van der Waals surface area contributed by atoms with Crippen LogP contribution in [0.5, 0.6) is 0 Å². The highest BCUT2D eigenvalue weighted by atomic mass is 16.7. The minimum atomic E-state index is 0.455. The molecule has 2 nitrogen and oxygen atoms in total. The zero-order valence-electron chi connectivity index (χ0n) is 19.3. The number of unbranched alkanes of at least 4 members (excludes halogenated alkanes) is 13. The summed E-state index contributed by atoms with van der Waals surface area (Å²) in [5, 5.41) is 0. The lowest BCUT2D eigenvalue weighted by Gasteiger charge is -2.04. The number of allylic oxidation sites excluding steroid dienone is 3. The summed E-state index contributed by atoms with van der Waals surface area (Å²) in [4.78, 5) is 0. The van der Waals surface area contributed by atoms with Gasteiger partial charge in [0.2, 0.25) is 0 Å². The first-order chi connectivity index (χ1) is 13.9. The van der Waals surface area contributed by atoms with Crippen molar-refractivity contribution >= 4 is 0 Å². The molecule has 0 unspecified atom stereocenters. The number of ether oxygens (including phenoxy) is 2. The zero-order valence-corrected chi connectivity index (χ0v) is 19.3. The molecule has 0 atom stereocenters. The van der Waals surface area contributed by atoms with Gasteiger partial charge in [-0.25, -0.2) is 0 Å². The Kier molecular flexibility index (Phi) is 25.8. The summed E-state index contributed by atoms with van der Waals surface area (Å²) in [7, 11) is 0. The minimum Gasteiger partial charge on any atom is -0.355 e. The molecule has 0 amide bonds. The van der Waals surface area contributed by atoms with Gasteiger partial charge in [-0.05, 0) is 44.9 Å². The van der Waals surface area contributed by atoms with E-state index in [1.165, 1.54) is 103 Å². The second kappa shape index (κ2) is 26.4. The molecule has 28 heavy (non-hydrogen) atoms. The lowest BCUT2D eigenvalue weighted by atomic mass is 10.1. The van der Waals surface area contributed by atoms with Crippen molar-refractivity contribution in [2.24, 2.45) is 0 Å². The van der Waals surface area contributed by atoms with Crippen LogP contribution in [-0.2, 0) is 9.47 Å². The molecule has 0 N–H and O–H groups in total. The summed E-state index contributed by atoms with van der Waals surface area (Å²) < 4.78 is 11.0. The summed E-state index contributed by atoms with van der Waals surface area (Å²) in [6.07, 6.45) is 31.4. The predicted octanol–water partition coefficient (Wildman–Crippen LogP) is 8.76. The summed E-state index contributed by atoms with van der Waals surface area (Å²) in [6, 6.07) is 0. The number of hydrogen-bond donors (Lipinski definition) is 0. The first-order valence-electron chi connectivity index (χ1n) is 12.4. The Balaban J connectivity index is 3.10. The Labute approximate surface area is 177 Å². The second-order valence-electron chi connectivity index (χ2n) is 7.92. The SMILES string of the molecule is CCCC/C=C\CCCCCCCC/C=C/CCOCOCCCCCCC. The molecule has 0 bridgehead atoms. The number of rotatable bonds is 23. The van der Waals surface area contributed by atoms with Crippen molar-refractivity contribution in [3.8, 4) is 0 Å². The molecule has 0 radical (unpaired) electrons. The average molecular weight is 395 g/mol. The van der Waals surface area contributed by atoms with E-state index in [2.05, 4.69) is 38.2 Å². The van der Waals surface area contributed by atoms with E-state index < -0.39 is 0 Å². The maximum absolute atomic E-state index is 5.50. The second-order valence-corrected chi connectivity index (χ2v) is 7.92. The molecular weight excluding hydrogens is 344 g/mol. The molecule has 0 spiro atoms. The van der Waals surface area contributed by atoms with E-state index >= 15 is 0 Å². The Bertz CT molecular complexity index is 322. The maximum Gasteiger partial charge on any atom is 0.146 e. The van der Waals surface area contributed by atoms with Crippen molar-refractivity contribution in [1.29, 1.82) is 0 Å². The molecular formula is C26H50O2. The van der Waals surface area contributed by atoms with Crippen LogP contribution in [0.15, 0.2) is 24.3 Å². The highest BCUT2D eigenvalue weighted by Crippen LogP contribution is 2.10. The molecule has 0 aromatic carbocycles. The molecule has 0 aliphatic rings. The summed E-state index contributed by atoms with van der Waals surface area (Å²) >= 11 is 0. The Morgan fingerprint density at radius 2 is 0.893 bits per heavy atom. The zero-order chi connectivity index (χ0) is 20.4. The van der Waals surface area contributed by atoms with Gasteiger partial charge in [0.1, 0.15) is 6.79 Å². The van der Waals surface area contributed by atoms with Crippen LogP contribution < -0.4 is 0 Å². The summed E-state index contributed by atoms with van der Waals surface area (Å²) in [5.41, 5.74) is 0. The van der Waals surface area contributed by atoms with Gasteiger partial charge in [0.05, 0.1) is 6.61 Å². The van der Waals surface area contributed by atoms with Crippen molar-refractivity contribution < 1.29 is 9.47 Å². The molecule has 2 heteroatoms. The molecule has 0 saturated carbocycles. The summed E-state index contributed by atoms with van der Waals surface area (Å²) in [6.45, 7) is 6.58. The van der Waals surface area contributed by atoms with Crippen molar-refractivity contribution in [1.82, 2.24) is 0 Å². The van der Waals surface area contributed by atoms with Gasteiger partial charge in [-0.2, -0.15) is 0 Å². The Hall–Kier alpha value is -0.600. The average Bonchev–Trinajstić information content (AvgIpc) is 2.71. The van der Waals surface area contributed by atoms with E-state index in [1.54, 1.807) is 0 Å². The Morgan fingerprint density at radius 1 is 0.429 bits per heavy atom. The molecule has 0 fully saturated rings. The highest BCUT2D eigenvalue weighted by Gasteiger charge is 1.92. The lowest BCUT2D eigenvalue weighted by molar-refractivity contribution is -0.0531. The molecule has 0 aromatic rings. The first-order valence-corrected chi connectivity index (χ1v) is 12.4. The van der Waals surface area contributed by atoms with Crippen molar-refractivity contribution in [2.75, 3.05) is 20.0 Å². The Morgan fingerprint density at radius 3 is 1.54 bits per heavy atom. The van der Waals surface area contributed by atoms with E-state index in [4.69, 9.17) is 9.47 Å². The fourth-order valence-electron chi connectivity index (χ4n) is 3.16. The fraction of sp³-hybridized carbons (Fsp3) is 0.846. The van der Waals surface area contributed by atoms with E-state index in [-0.39, 0.29) is 0 Å². The van der Waals surface area contributed by atoms with Gasteiger partial charge in [-0.1, -0.05) is 102 Å². The largest absolute Gasteiger partial charge is 0.355 e. The third-order valence-electron chi connectivity index (χ3n) is 5.04. The monoisotopic (exact) mass is 394 g/mol. The van der Waals surface area contributed by atoms with E-state index in [9.17, 15) is 0 Å². The van der Waals surface area contributed by atoms with Gasteiger partial charge in [-0.15, -0.1) is 0 Å². The van der Waals surface area contributed by atoms with E-state index in [0.29, 0.717) is 6.79 Å². The maximum atomic E-state index is 5.50. The van der Waals surface area contributed by atoms with Gasteiger partial charge in [0.15, 0.2) is 0 Å². The van der Waals surface area contributed by atoms with Crippen LogP contribution >= 0.6 is 0 Å². The van der Waals surface area contributed by atoms with Crippen LogP contribution in [0.2, 0.25) is 0 Å². The van der Waals surface area contributed by atoms with Crippen LogP contribution in [0.4, 0.5) is 0 Å². The van der Waals surface area contributed by atoms with E-state index in [1.807, 2.05) is 0 Å². The topological polar surface area (TPSA) is 18.5 Å². The third-order valence-corrected chi connectivity index (χ3v) is 5.04. The van der Waals surface area contributed by atoms with Crippen LogP contribution in [0.1, 0.15) is 123 Å². The molecule has 0 heterocycles. The minimum absolute atomic E-state index is 0.455. The predicted molar refractivity (Wildman–Crippen MR) is 125 cm³/mol. The summed E-state index contributed by atoms with van der Waals surface area (Å²) in [5.74, 6) is 0. The first kappa shape index (κ1) is 27.4. The highest BCUT2D eigenvalue weighted by molar-refractivity contribution is 4.82. The quantitative estimate of drug-likeness (QED) is 0.0979. The van der Waals surface area contributed by atoms with Crippen LogP contribution in [0.25, 0.3) is 0 Å². The van der Waals surface area contributed by atoms with Gasteiger partial charge in [0.25, 0.3) is 0 Å². The smallest absolute Gasteiger partial charge is 0.146 e. The van der Waals surface area contributed by atoms with Crippen molar-refractivity contribution in [3.63, 3.8) is 0 Å². The normalized spacial score (nSPS) is 11.9. The van der Waals surface area contributed by atoms with Gasteiger partial charge < -0.3 is 9.47 Å². The van der Waals surface area contributed by atoms with Crippen molar-refractivity contribution in [2.45, 2.75) is 123 Å². The van der Waals surface area contributed by atoms with Gasteiger partial charge in [-0.3, -0.25) is 0 Å². The number of hydrogen-bond acceptors (Lipinski definition) is 2. The van der Waals surface area contributed by atoms with E-state index in [0.717, 1.165) is 19.6 Å². The molecule has 0 aromatic heterocycles. The standard InChI is InChI=1S/C26H50O2/c1-3-5-7-9-10-11-12-13-14-15-16-17-18-19-21-23-25-28-26-27-24-22-20-8-6-4-2/h9-10,19,21H,3-8,11-18,20,22-26H2,1-2H3/b10-9-,21-19+. The molecule has 0 aliphatic heterocycles. The van der Waals surface area contributed by atoms with Crippen molar-refractivity contribution in [3.05, 3.63) is 24.3 Å². The van der Waals surface area contributed by atoms with Crippen LogP contribution in [0, 0.1) is 0 Å².